The normalized spacial score (nSPS) is 18.9. The molecule has 1 aromatic carbocycles. The highest BCUT2D eigenvalue weighted by molar-refractivity contribution is 5.82. The van der Waals surface area contributed by atoms with Crippen LogP contribution in [0.15, 0.2) is 35.6 Å². The minimum atomic E-state index is -1.11. The maximum Gasteiger partial charge on any atom is 0.246 e. The molecule has 0 aliphatic carbocycles. The van der Waals surface area contributed by atoms with Gasteiger partial charge in [0.05, 0.1) is 6.04 Å². The molecular weight excluding hydrogens is 428 g/mol. The van der Waals surface area contributed by atoms with Gasteiger partial charge in [0.15, 0.2) is 0 Å². The fourth-order valence-electron chi connectivity index (χ4n) is 3.97. The Hall–Kier alpha value is -3.38. The van der Waals surface area contributed by atoms with Gasteiger partial charge in [0.25, 0.3) is 0 Å². The van der Waals surface area contributed by atoms with Crippen LogP contribution in [-0.2, 0) is 4.79 Å². The van der Waals surface area contributed by atoms with Gasteiger partial charge in [-0.3, -0.25) is 4.79 Å². The summed E-state index contributed by atoms with van der Waals surface area (Å²) in [7, 11) is 0. The van der Waals surface area contributed by atoms with Gasteiger partial charge in [-0.25, -0.2) is 23.8 Å². The molecule has 9 heteroatoms. The number of aliphatic hydroxyl groups is 1. The number of anilines is 1. The van der Waals surface area contributed by atoms with Crippen LogP contribution < -0.4 is 4.90 Å². The van der Waals surface area contributed by atoms with Crippen LogP contribution in [0.4, 0.5) is 14.7 Å². The van der Waals surface area contributed by atoms with Gasteiger partial charge in [-0.2, -0.15) is 5.10 Å². The number of rotatable bonds is 3. The van der Waals surface area contributed by atoms with Crippen molar-refractivity contribution in [3.8, 4) is 11.8 Å². The third kappa shape index (κ3) is 5.52. The second-order valence-electron chi connectivity index (χ2n) is 8.75. The predicted octanol–water partition coefficient (Wildman–Crippen LogP) is 3.05. The lowest BCUT2D eigenvalue weighted by molar-refractivity contribution is -0.138. The molecule has 172 valence electrons. The molecule has 1 amide bonds. The maximum atomic E-state index is 13.7. The topological polar surface area (TPSA) is 81.9 Å². The van der Waals surface area contributed by atoms with E-state index in [4.69, 9.17) is 0 Å². The van der Waals surface area contributed by atoms with E-state index in [1.165, 1.54) is 17.1 Å². The van der Waals surface area contributed by atoms with Crippen molar-refractivity contribution < 1.29 is 18.7 Å². The fraction of sp³-hybridized carbons (Fsp3) is 0.417. The van der Waals surface area contributed by atoms with E-state index in [2.05, 4.69) is 26.9 Å². The number of carbonyl (C=O) groups excluding carboxylic acids is 1. The first-order valence-corrected chi connectivity index (χ1v) is 10.8. The fourth-order valence-corrected chi connectivity index (χ4v) is 3.97. The number of hydrogen-bond donors (Lipinski definition) is 1. The van der Waals surface area contributed by atoms with Gasteiger partial charge >= 0.3 is 0 Å². The molecule has 0 bridgehead atoms. The smallest absolute Gasteiger partial charge is 0.246 e. The predicted molar refractivity (Wildman–Crippen MR) is 119 cm³/mol. The van der Waals surface area contributed by atoms with E-state index in [1.807, 2.05) is 4.90 Å². The molecule has 0 saturated carbocycles. The zero-order chi connectivity index (χ0) is 23.6. The first kappa shape index (κ1) is 22.8. The molecule has 2 aromatic rings. The van der Waals surface area contributed by atoms with Crippen molar-refractivity contribution >= 4 is 18.1 Å². The van der Waals surface area contributed by atoms with Crippen LogP contribution >= 0.6 is 0 Å². The number of benzene rings is 1. The van der Waals surface area contributed by atoms with Crippen molar-refractivity contribution in [1.29, 1.82) is 0 Å². The van der Waals surface area contributed by atoms with E-state index in [0.29, 0.717) is 49.6 Å². The Bertz CT molecular complexity index is 1110. The van der Waals surface area contributed by atoms with Crippen molar-refractivity contribution in [3.63, 3.8) is 0 Å². The van der Waals surface area contributed by atoms with E-state index >= 15 is 0 Å². The molecule has 1 N–H and O–H groups in total. The number of nitrogens with zero attached hydrogens (tertiary/aromatic N) is 5. The molecule has 4 rings (SSSR count). The van der Waals surface area contributed by atoms with Crippen molar-refractivity contribution in [2.75, 3.05) is 18.0 Å². The summed E-state index contributed by atoms with van der Waals surface area (Å²) >= 11 is 0. The summed E-state index contributed by atoms with van der Waals surface area (Å²) < 4.78 is 27.4. The zero-order valence-electron chi connectivity index (χ0n) is 18.5. The average molecular weight is 453 g/mol. The number of hydrazone groups is 1. The second-order valence-corrected chi connectivity index (χ2v) is 8.75. The van der Waals surface area contributed by atoms with Crippen LogP contribution in [0.5, 0.6) is 0 Å². The highest BCUT2D eigenvalue weighted by atomic mass is 19.1. The third-order valence-electron chi connectivity index (χ3n) is 5.59. The van der Waals surface area contributed by atoms with Crippen molar-refractivity contribution in [2.24, 2.45) is 11.0 Å². The van der Waals surface area contributed by atoms with E-state index in [9.17, 15) is 18.7 Å². The summed E-state index contributed by atoms with van der Waals surface area (Å²) in [5.74, 6) is 4.35. The van der Waals surface area contributed by atoms with Gasteiger partial charge < -0.3 is 10.0 Å². The van der Waals surface area contributed by atoms with Crippen molar-refractivity contribution in [2.45, 2.75) is 44.8 Å². The minimum Gasteiger partial charge on any atom is -0.378 e. The Morgan fingerprint density at radius 2 is 1.88 bits per heavy atom. The van der Waals surface area contributed by atoms with Crippen LogP contribution in [0.3, 0.4) is 0 Å². The van der Waals surface area contributed by atoms with E-state index in [0.717, 1.165) is 6.07 Å². The molecule has 1 atom stereocenters. The van der Waals surface area contributed by atoms with Gasteiger partial charge in [-0.15, -0.1) is 0 Å². The molecule has 0 radical (unpaired) electrons. The molecule has 7 nitrogen and oxygen atoms in total. The first-order valence-electron chi connectivity index (χ1n) is 10.8. The average Bonchev–Trinajstić information content (AvgIpc) is 3.26. The summed E-state index contributed by atoms with van der Waals surface area (Å²) in [4.78, 5) is 23.9. The summed E-state index contributed by atoms with van der Waals surface area (Å²) in [5.41, 5.74) is -0.207. The summed E-state index contributed by atoms with van der Waals surface area (Å²) in [6, 6.07) is 4.48. The number of piperidine rings is 1. The van der Waals surface area contributed by atoms with E-state index < -0.39 is 23.3 Å². The van der Waals surface area contributed by atoms with Crippen LogP contribution in [0.1, 0.15) is 50.4 Å². The van der Waals surface area contributed by atoms with Gasteiger partial charge in [0, 0.05) is 43.9 Å². The number of halogens is 2. The lowest BCUT2D eigenvalue weighted by atomic mass is 9.94. The number of aromatic nitrogens is 2. The van der Waals surface area contributed by atoms with Gasteiger partial charge in [-0.1, -0.05) is 5.92 Å². The number of carbonyl (C=O) groups is 1. The SMILES string of the molecule is CC(C)(O)C#Cc1ccnc(N2CCC(C(=O)N3N=CC[C@H]3c3cc(F)cc(F)c3)CC2)n1. The van der Waals surface area contributed by atoms with Gasteiger partial charge in [0.2, 0.25) is 11.9 Å². The van der Waals surface area contributed by atoms with Crippen molar-refractivity contribution in [3.05, 3.63) is 53.4 Å². The molecule has 1 aromatic heterocycles. The Balaban J connectivity index is 1.41. The molecule has 0 spiro atoms. The Kier molecular flexibility index (Phi) is 6.38. The zero-order valence-corrected chi connectivity index (χ0v) is 18.5. The lowest BCUT2D eigenvalue weighted by Crippen LogP contribution is -2.41. The monoisotopic (exact) mass is 453 g/mol. The van der Waals surface area contributed by atoms with Crippen LogP contribution in [0.25, 0.3) is 0 Å². The second kappa shape index (κ2) is 9.24. The molecule has 2 aliphatic heterocycles. The number of amides is 1. The summed E-state index contributed by atoms with van der Waals surface area (Å²) in [5, 5.41) is 15.3. The highest BCUT2D eigenvalue weighted by Crippen LogP contribution is 2.33. The van der Waals surface area contributed by atoms with Crippen LogP contribution in [0, 0.1) is 29.4 Å². The molecule has 33 heavy (non-hydrogen) atoms. The Morgan fingerprint density at radius 1 is 1.18 bits per heavy atom. The quantitative estimate of drug-likeness (QED) is 0.723. The van der Waals surface area contributed by atoms with Gasteiger partial charge in [-0.05, 0) is 56.4 Å². The first-order chi connectivity index (χ1) is 15.7. The standard InChI is InChI=1S/C24H25F2N5O2/c1-24(2,33)8-3-20-4-9-27-23(29-20)30-11-6-16(7-12-30)22(32)31-21(5-10-28-31)17-13-18(25)15-19(26)14-17/h4,9-10,13-16,21,33H,5-7,11-12H2,1-2H3/t21-/m0/s1. The summed E-state index contributed by atoms with van der Waals surface area (Å²) in [6.45, 7) is 4.36. The third-order valence-corrected chi connectivity index (χ3v) is 5.59. The van der Waals surface area contributed by atoms with Crippen LogP contribution in [-0.4, -0.2) is 50.9 Å². The van der Waals surface area contributed by atoms with E-state index in [1.54, 1.807) is 32.3 Å². The minimum absolute atomic E-state index is 0.149. The summed E-state index contributed by atoms with van der Waals surface area (Å²) in [6.07, 6.45) is 4.81. The van der Waals surface area contributed by atoms with Crippen molar-refractivity contribution in [1.82, 2.24) is 15.0 Å². The highest BCUT2D eigenvalue weighted by Gasteiger charge is 2.35. The maximum absolute atomic E-state index is 13.7. The molecule has 2 aliphatic rings. The molecular formula is C24H25F2N5O2. The van der Waals surface area contributed by atoms with Gasteiger partial charge in [0.1, 0.15) is 22.9 Å². The molecule has 3 heterocycles. The lowest BCUT2D eigenvalue weighted by Gasteiger charge is -2.33. The van der Waals surface area contributed by atoms with E-state index in [-0.39, 0.29) is 11.8 Å². The Morgan fingerprint density at radius 3 is 2.55 bits per heavy atom. The Labute approximate surface area is 191 Å². The molecule has 0 unspecified atom stereocenters. The molecule has 1 fully saturated rings. The largest absolute Gasteiger partial charge is 0.378 e. The van der Waals surface area contributed by atoms with Crippen LogP contribution in [0.2, 0.25) is 0 Å². The number of hydrogen-bond acceptors (Lipinski definition) is 6. The molecule has 1 saturated heterocycles.